The first-order chi connectivity index (χ1) is 20.0. The van der Waals surface area contributed by atoms with E-state index in [1.807, 2.05) is 35.7 Å². The Hall–Kier alpha value is -3.91. The second kappa shape index (κ2) is 12.9. The van der Waals surface area contributed by atoms with Crippen LogP contribution in [0.2, 0.25) is 0 Å². The number of methoxy groups -OCH3 is 2. The number of halogens is 3. The minimum atomic E-state index is -5.08. The van der Waals surface area contributed by atoms with Gasteiger partial charge >= 0.3 is 18.2 Å². The number of rotatable bonds is 6. The summed E-state index contributed by atoms with van der Waals surface area (Å²) in [6.07, 6.45) is -1.13. The van der Waals surface area contributed by atoms with Gasteiger partial charge in [-0.05, 0) is 80.6 Å². The van der Waals surface area contributed by atoms with E-state index >= 15 is 0 Å². The molecule has 0 radical (unpaired) electrons. The topological polar surface area (TPSA) is 126 Å². The number of nitrogens with one attached hydrogen (secondary N) is 2. The summed E-state index contributed by atoms with van der Waals surface area (Å²) in [6.45, 7) is 1.04. The molecule has 10 nitrogen and oxygen atoms in total. The number of carbonyl (C=O) groups excluding carboxylic acids is 1. The summed E-state index contributed by atoms with van der Waals surface area (Å²) in [5.74, 6) is -1.24. The number of hydrogen-bond acceptors (Lipinski definition) is 8. The van der Waals surface area contributed by atoms with Gasteiger partial charge in [0.1, 0.15) is 5.69 Å². The molecule has 226 valence electrons. The molecule has 0 unspecified atom stereocenters. The number of carbonyl (C=O) groups is 2. The van der Waals surface area contributed by atoms with Crippen LogP contribution in [0.4, 0.5) is 23.7 Å². The van der Waals surface area contributed by atoms with Crippen LogP contribution in [0.25, 0.3) is 11.3 Å². The van der Waals surface area contributed by atoms with Gasteiger partial charge in [-0.3, -0.25) is 0 Å². The Labute approximate surface area is 245 Å². The molecule has 2 amide bonds. The zero-order valence-electron chi connectivity index (χ0n) is 23.3. The maximum Gasteiger partial charge on any atom is 0.490 e. The molecule has 14 heteroatoms. The van der Waals surface area contributed by atoms with E-state index in [1.54, 1.807) is 14.2 Å². The van der Waals surface area contributed by atoms with Crippen molar-refractivity contribution in [3.05, 3.63) is 53.4 Å². The van der Waals surface area contributed by atoms with Crippen LogP contribution >= 0.6 is 11.5 Å². The summed E-state index contributed by atoms with van der Waals surface area (Å²) in [5, 5.41) is 19.3. The number of fused-ring (bicyclic) bond motifs is 1. The Morgan fingerprint density at radius 1 is 1.10 bits per heavy atom. The Balaban J connectivity index is 0.000000517. The normalized spacial score (nSPS) is 21.9. The lowest BCUT2D eigenvalue weighted by Gasteiger charge is -2.45. The zero-order chi connectivity index (χ0) is 30.5. The molecule has 0 spiro atoms. The van der Waals surface area contributed by atoms with Crippen LogP contribution in [0.5, 0.6) is 11.5 Å². The third-order valence-electron chi connectivity index (χ3n) is 7.86. The van der Waals surface area contributed by atoms with Gasteiger partial charge in [0.05, 0.1) is 14.2 Å². The number of likely N-dealkylation sites (N-methyl/N-ethyl adjacent to an activating group) is 1. The van der Waals surface area contributed by atoms with Gasteiger partial charge in [0.15, 0.2) is 11.5 Å². The second-order valence-electron chi connectivity index (χ2n) is 10.2. The number of anilines is 1. The van der Waals surface area contributed by atoms with Crippen molar-refractivity contribution in [3.8, 4) is 22.8 Å². The fourth-order valence-electron chi connectivity index (χ4n) is 5.76. The molecule has 1 aromatic heterocycles. The van der Waals surface area contributed by atoms with E-state index in [0.717, 1.165) is 60.7 Å². The number of nitrogens with zero attached hydrogens (tertiary/aromatic N) is 3. The Kier molecular flexibility index (Phi) is 9.57. The number of hydrogen-bond donors (Lipinski definition) is 3. The highest BCUT2D eigenvalue weighted by molar-refractivity contribution is 7.03. The summed E-state index contributed by atoms with van der Waals surface area (Å²) >= 11 is 1.32. The highest BCUT2D eigenvalue weighted by Crippen LogP contribution is 2.49. The smallest absolute Gasteiger partial charge is 0.490 e. The van der Waals surface area contributed by atoms with Gasteiger partial charge < -0.3 is 30.1 Å². The Morgan fingerprint density at radius 3 is 2.38 bits per heavy atom. The number of amides is 2. The van der Waals surface area contributed by atoms with Gasteiger partial charge in [-0.15, -0.1) is 5.10 Å². The summed E-state index contributed by atoms with van der Waals surface area (Å²) in [5.41, 5.74) is 3.92. The third kappa shape index (κ3) is 6.93. The van der Waals surface area contributed by atoms with E-state index in [2.05, 4.69) is 44.3 Å². The molecule has 1 saturated carbocycles. The van der Waals surface area contributed by atoms with Crippen molar-refractivity contribution in [3.63, 3.8) is 0 Å². The summed E-state index contributed by atoms with van der Waals surface area (Å²) in [6, 6.07) is 14.3. The van der Waals surface area contributed by atoms with Crippen molar-refractivity contribution >= 4 is 29.2 Å². The quantitative estimate of drug-likeness (QED) is 0.351. The fourth-order valence-corrected chi connectivity index (χ4v) is 6.23. The van der Waals surface area contributed by atoms with Gasteiger partial charge in [0.25, 0.3) is 0 Å². The van der Waals surface area contributed by atoms with Crippen LogP contribution in [-0.2, 0) is 10.2 Å². The summed E-state index contributed by atoms with van der Waals surface area (Å²) < 4.78 is 46.7. The van der Waals surface area contributed by atoms with Crippen molar-refractivity contribution in [2.45, 2.75) is 49.4 Å². The number of ether oxygens (including phenoxy) is 2. The molecule has 2 aromatic carbocycles. The van der Waals surface area contributed by atoms with Gasteiger partial charge in [-0.2, -0.15) is 13.2 Å². The van der Waals surface area contributed by atoms with Gasteiger partial charge in [-0.1, -0.05) is 22.7 Å². The number of alkyl halides is 3. The fraction of sp³-hybridized carbons (Fsp3) is 0.429. The molecule has 2 aliphatic rings. The molecule has 2 heterocycles. The maximum absolute atomic E-state index is 12.8. The molecule has 3 atom stereocenters. The molecule has 5 rings (SSSR count). The number of carboxylic acid groups (broad SMARTS) is 1. The van der Waals surface area contributed by atoms with Gasteiger partial charge in [0.2, 0.25) is 0 Å². The molecule has 3 N–H and O–H groups in total. The molecule has 2 fully saturated rings. The Bertz CT molecular complexity index is 1370. The highest BCUT2D eigenvalue weighted by atomic mass is 32.1. The number of benzene rings is 2. The third-order valence-corrected chi connectivity index (χ3v) is 8.37. The van der Waals surface area contributed by atoms with Crippen LogP contribution in [0, 0.1) is 0 Å². The van der Waals surface area contributed by atoms with Crippen molar-refractivity contribution in [1.29, 1.82) is 0 Å². The first-order valence-corrected chi connectivity index (χ1v) is 14.0. The molecule has 0 bridgehead atoms. The number of urea groups is 1. The highest BCUT2D eigenvalue weighted by Gasteiger charge is 2.50. The predicted octanol–water partition coefficient (Wildman–Crippen LogP) is 5.17. The average molecular weight is 608 g/mol. The standard InChI is InChI=1S/C26H31N5O3S.C2HF3O2/c1-31-13-12-26(18-6-9-22(33-2)23(14-18)34-3)11-10-20(15-24(26)31)28-25(32)27-19-7-4-17(5-8-19)21-16-35-30-29-21;3-2(4,5)1(6)7/h4-9,14,16,20,24H,10-13,15H2,1-3H3,(H2,27,28,32);(H,6,7)/t20-,24+,26+;/m1./s1. The maximum atomic E-state index is 12.8. The molecule has 1 saturated heterocycles. The summed E-state index contributed by atoms with van der Waals surface area (Å²) in [7, 11) is 5.53. The molecular weight excluding hydrogens is 575 g/mol. The van der Waals surface area contributed by atoms with E-state index in [-0.39, 0.29) is 17.5 Å². The predicted molar refractivity (Wildman–Crippen MR) is 151 cm³/mol. The van der Waals surface area contributed by atoms with Crippen molar-refractivity contribution in [2.24, 2.45) is 0 Å². The number of likely N-dealkylation sites (tertiary alicyclic amines) is 1. The second-order valence-corrected chi connectivity index (χ2v) is 10.8. The van der Waals surface area contributed by atoms with E-state index < -0.39 is 12.1 Å². The molecular formula is C28H32F3N5O5S. The van der Waals surface area contributed by atoms with Crippen LogP contribution in [0.1, 0.15) is 31.2 Å². The van der Waals surface area contributed by atoms with Crippen molar-refractivity contribution < 1.29 is 37.3 Å². The monoisotopic (exact) mass is 607 g/mol. The summed E-state index contributed by atoms with van der Waals surface area (Å²) in [4.78, 5) is 24.1. The Morgan fingerprint density at radius 2 is 1.79 bits per heavy atom. The van der Waals surface area contributed by atoms with Crippen LogP contribution < -0.4 is 20.1 Å². The lowest BCUT2D eigenvalue weighted by molar-refractivity contribution is -0.192. The number of aliphatic carboxylic acids is 1. The van der Waals surface area contributed by atoms with E-state index in [9.17, 15) is 18.0 Å². The van der Waals surface area contributed by atoms with Crippen LogP contribution in [-0.4, -0.2) is 77.7 Å². The first kappa shape index (κ1) is 31.0. The minimum Gasteiger partial charge on any atom is -0.493 e. The van der Waals surface area contributed by atoms with Gasteiger partial charge in [0, 0.05) is 34.1 Å². The minimum absolute atomic E-state index is 0.0589. The first-order valence-electron chi connectivity index (χ1n) is 13.1. The lowest BCUT2D eigenvalue weighted by Crippen LogP contribution is -2.52. The van der Waals surface area contributed by atoms with Crippen molar-refractivity contribution in [2.75, 3.05) is 33.1 Å². The number of carboxylic acids is 1. The van der Waals surface area contributed by atoms with E-state index in [0.29, 0.717) is 6.04 Å². The lowest BCUT2D eigenvalue weighted by atomic mass is 9.65. The van der Waals surface area contributed by atoms with Crippen molar-refractivity contribution in [1.82, 2.24) is 19.8 Å². The number of aromatic nitrogens is 2. The largest absolute Gasteiger partial charge is 0.493 e. The van der Waals surface area contributed by atoms with Crippen LogP contribution in [0.15, 0.2) is 47.8 Å². The molecule has 3 aromatic rings. The van der Waals surface area contributed by atoms with Crippen LogP contribution in [0.3, 0.4) is 0 Å². The van der Waals surface area contributed by atoms with E-state index in [1.165, 1.54) is 17.1 Å². The zero-order valence-corrected chi connectivity index (χ0v) is 24.1. The molecule has 1 aliphatic heterocycles. The molecule has 42 heavy (non-hydrogen) atoms. The average Bonchev–Trinajstić information content (AvgIpc) is 3.62. The van der Waals surface area contributed by atoms with E-state index in [4.69, 9.17) is 19.4 Å². The van der Waals surface area contributed by atoms with Gasteiger partial charge in [-0.25, -0.2) is 9.59 Å². The SMILES string of the molecule is COc1ccc([C@@]23CC[C@@H](NC(=O)Nc4ccc(-c5csnn5)cc4)C[C@@H]2N(C)CC3)cc1OC.O=C(O)C(F)(F)F. The molecule has 1 aliphatic carbocycles.